The molecule has 0 spiro atoms. The number of allylic oxidation sites excluding steroid dienone is 1. The molecule has 2 heterocycles. The summed E-state index contributed by atoms with van der Waals surface area (Å²) in [4.78, 5) is 0. The van der Waals surface area contributed by atoms with Gasteiger partial charge < -0.3 is 0 Å². The summed E-state index contributed by atoms with van der Waals surface area (Å²) in [5, 5.41) is 1.34. The van der Waals surface area contributed by atoms with Gasteiger partial charge in [-0.25, -0.2) is 0 Å². The van der Waals surface area contributed by atoms with Gasteiger partial charge in [0, 0.05) is 23.4 Å². The predicted octanol–water partition coefficient (Wildman–Crippen LogP) is 8.14. The van der Waals surface area contributed by atoms with Crippen LogP contribution in [0.5, 0.6) is 0 Å². The van der Waals surface area contributed by atoms with E-state index in [1.165, 1.54) is 59.0 Å². The van der Waals surface area contributed by atoms with E-state index in [1.807, 2.05) is 0 Å². The molecular formula is C32H38N+. The summed E-state index contributed by atoms with van der Waals surface area (Å²) < 4.78 is 2.70. The Balaban J connectivity index is 1.80. The predicted molar refractivity (Wildman–Crippen MR) is 139 cm³/mol. The molecule has 0 N–H and O–H groups in total. The Hall–Kier alpha value is -2.41. The standard InChI is InChI=1S/C32H38N/c1-7-31(6)28-19-26-23-13-11-22(12-14-23)25(26)18-27(28)30-21(5)17-24-16-20(4)10-15-29(24)33(30)32(31,8-2)9-3/h8,10,15-19,22-23H,2,7,9,11-14H2,1,3-6H3/q+1. The van der Waals surface area contributed by atoms with Gasteiger partial charge in [0.25, 0.3) is 0 Å². The Morgan fingerprint density at radius 3 is 2.21 bits per heavy atom. The fourth-order valence-electron chi connectivity index (χ4n) is 8.03. The second kappa shape index (κ2) is 7.05. The molecule has 2 aromatic carbocycles. The third kappa shape index (κ3) is 2.52. The number of benzene rings is 2. The molecule has 1 nitrogen and oxygen atoms in total. The van der Waals surface area contributed by atoms with E-state index in [-0.39, 0.29) is 11.0 Å². The van der Waals surface area contributed by atoms with Crippen LogP contribution in [-0.4, -0.2) is 0 Å². The molecule has 7 rings (SSSR count). The van der Waals surface area contributed by atoms with Crippen molar-refractivity contribution in [3.8, 4) is 11.3 Å². The highest BCUT2D eigenvalue weighted by molar-refractivity contribution is 5.82. The molecule has 1 heteroatoms. The normalized spacial score (nSPS) is 29.5. The van der Waals surface area contributed by atoms with Gasteiger partial charge in [-0.15, -0.1) is 0 Å². The quantitative estimate of drug-likeness (QED) is 0.288. The lowest BCUT2D eigenvalue weighted by molar-refractivity contribution is -0.733. The zero-order valence-electron chi connectivity index (χ0n) is 21.1. The van der Waals surface area contributed by atoms with E-state index < -0.39 is 0 Å². The van der Waals surface area contributed by atoms with E-state index in [4.69, 9.17) is 0 Å². The van der Waals surface area contributed by atoms with Gasteiger partial charge >= 0.3 is 0 Å². The second-order valence-corrected chi connectivity index (χ2v) is 11.3. The molecule has 2 bridgehead atoms. The van der Waals surface area contributed by atoms with Crippen molar-refractivity contribution in [1.82, 2.24) is 0 Å². The van der Waals surface area contributed by atoms with E-state index in [1.54, 1.807) is 16.7 Å². The lowest BCUT2D eigenvalue weighted by Gasteiger charge is -2.48. The first kappa shape index (κ1) is 21.1. The van der Waals surface area contributed by atoms with E-state index in [2.05, 4.69) is 88.2 Å². The molecule has 4 aliphatic rings. The molecule has 1 aromatic heterocycles. The van der Waals surface area contributed by atoms with E-state index >= 15 is 0 Å². The first-order valence-electron chi connectivity index (χ1n) is 13.2. The van der Waals surface area contributed by atoms with Crippen molar-refractivity contribution in [3.05, 3.63) is 76.9 Å². The van der Waals surface area contributed by atoms with Gasteiger partial charge in [-0.3, -0.25) is 0 Å². The Kier molecular flexibility index (Phi) is 4.51. The minimum atomic E-state index is -0.161. The first-order valence-corrected chi connectivity index (χ1v) is 13.2. The Labute approximate surface area is 199 Å². The largest absolute Gasteiger partial charge is 0.217 e. The topological polar surface area (TPSA) is 3.88 Å². The van der Waals surface area contributed by atoms with Crippen LogP contribution in [-0.2, 0) is 11.0 Å². The van der Waals surface area contributed by atoms with Crippen LogP contribution in [0.4, 0.5) is 0 Å². The molecule has 33 heavy (non-hydrogen) atoms. The summed E-state index contributed by atoms with van der Waals surface area (Å²) in [5.74, 6) is 1.53. The van der Waals surface area contributed by atoms with Crippen LogP contribution < -0.4 is 4.57 Å². The Morgan fingerprint density at radius 1 is 0.939 bits per heavy atom. The molecule has 0 amide bonds. The van der Waals surface area contributed by atoms with Crippen molar-refractivity contribution in [1.29, 1.82) is 0 Å². The molecule has 1 aliphatic heterocycles. The van der Waals surface area contributed by atoms with Crippen LogP contribution in [0.1, 0.15) is 98.9 Å². The fraction of sp³-hybridized carbons (Fsp3) is 0.469. The number of hydrogen-bond donors (Lipinski definition) is 0. The molecule has 0 radical (unpaired) electrons. The first-order chi connectivity index (χ1) is 15.9. The van der Waals surface area contributed by atoms with Gasteiger partial charge in [-0.2, -0.15) is 4.57 Å². The summed E-state index contributed by atoms with van der Waals surface area (Å²) in [6.07, 6.45) is 9.94. The van der Waals surface area contributed by atoms with Crippen LogP contribution in [0.2, 0.25) is 0 Å². The summed E-state index contributed by atoms with van der Waals surface area (Å²) in [6, 6.07) is 14.7. The molecule has 1 saturated carbocycles. The highest BCUT2D eigenvalue weighted by Gasteiger charge is 2.59. The van der Waals surface area contributed by atoms with Gasteiger partial charge in [0.15, 0.2) is 5.54 Å². The van der Waals surface area contributed by atoms with Gasteiger partial charge in [-0.05, 0) is 106 Å². The molecule has 170 valence electrons. The number of pyridine rings is 1. The van der Waals surface area contributed by atoms with E-state index in [9.17, 15) is 0 Å². The lowest BCUT2D eigenvalue weighted by Crippen LogP contribution is -2.68. The summed E-state index contributed by atoms with van der Waals surface area (Å²) in [5.41, 5.74) is 11.7. The number of hydrogen-bond acceptors (Lipinski definition) is 0. The molecule has 3 aromatic rings. The number of nitrogens with zero attached hydrogens (tertiary/aromatic N) is 1. The third-order valence-electron chi connectivity index (χ3n) is 10.0. The van der Waals surface area contributed by atoms with Crippen molar-refractivity contribution in [3.63, 3.8) is 0 Å². The van der Waals surface area contributed by atoms with Crippen LogP contribution in [0.15, 0.2) is 49.1 Å². The SMILES string of the molecule is C=CC1(CC)[n+]2c(c(C)cc3cc(C)ccc32)-c2cc3c(cc2C1(C)CC)C1CCC3CC1. The van der Waals surface area contributed by atoms with Gasteiger partial charge in [0.05, 0.1) is 11.0 Å². The Bertz CT molecular complexity index is 1310. The minimum Gasteiger partial charge on any atom is -0.181 e. The highest BCUT2D eigenvalue weighted by atomic mass is 15.1. The maximum atomic E-state index is 4.50. The van der Waals surface area contributed by atoms with E-state index in [0.29, 0.717) is 0 Å². The van der Waals surface area contributed by atoms with E-state index in [0.717, 1.165) is 24.7 Å². The number of aryl methyl sites for hydroxylation is 2. The van der Waals surface area contributed by atoms with Crippen molar-refractivity contribution >= 4 is 10.9 Å². The average molecular weight is 437 g/mol. The van der Waals surface area contributed by atoms with Gasteiger partial charge in [0.2, 0.25) is 11.2 Å². The summed E-state index contributed by atoms with van der Waals surface area (Å²) in [7, 11) is 0. The molecule has 2 atom stereocenters. The van der Waals surface area contributed by atoms with Crippen molar-refractivity contribution in [2.24, 2.45) is 0 Å². The lowest BCUT2D eigenvalue weighted by atomic mass is 9.57. The van der Waals surface area contributed by atoms with Crippen molar-refractivity contribution < 1.29 is 4.57 Å². The third-order valence-corrected chi connectivity index (χ3v) is 10.0. The monoisotopic (exact) mass is 436 g/mol. The second-order valence-electron chi connectivity index (χ2n) is 11.3. The summed E-state index contributed by atoms with van der Waals surface area (Å²) >= 11 is 0. The average Bonchev–Trinajstić information content (AvgIpc) is 2.84. The molecular weight excluding hydrogens is 398 g/mol. The Morgan fingerprint density at radius 2 is 1.61 bits per heavy atom. The molecule has 0 saturated heterocycles. The minimum absolute atomic E-state index is 0.00612. The molecule has 2 unspecified atom stereocenters. The number of fused-ring (bicyclic) bond motifs is 7. The molecule has 1 fully saturated rings. The number of aromatic nitrogens is 1. The highest BCUT2D eigenvalue weighted by Crippen LogP contribution is 2.56. The van der Waals surface area contributed by atoms with Gasteiger partial charge in [0.1, 0.15) is 0 Å². The van der Waals surface area contributed by atoms with Crippen LogP contribution in [0, 0.1) is 13.8 Å². The zero-order chi connectivity index (χ0) is 23.1. The van der Waals surface area contributed by atoms with Crippen LogP contribution >= 0.6 is 0 Å². The van der Waals surface area contributed by atoms with Gasteiger partial charge in [-0.1, -0.05) is 38.1 Å². The van der Waals surface area contributed by atoms with Crippen LogP contribution in [0.25, 0.3) is 22.2 Å². The maximum Gasteiger partial charge on any atom is 0.217 e. The molecule has 3 aliphatic carbocycles. The van der Waals surface area contributed by atoms with Crippen LogP contribution in [0.3, 0.4) is 0 Å². The maximum absolute atomic E-state index is 4.50. The smallest absolute Gasteiger partial charge is 0.181 e. The van der Waals surface area contributed by atoms with Crippen molar-refractivity contribution in [2.45, 2.75) is 95.9 Å². The fourth-order valence-corrected chi connectivity index (χ4v) is 8.03. The number of rotatable bonds is 3. The zero-order valence-corrected chi connectivity index (χ0v) is 21.1. The summed E-state index contributed by atoms with van der Waals surface area (Å²) in [6.45, 7) is 16.3. The van der Waals surface area contributed by atoms with Crippen molar-refractivity contribution in [2.75, 3.05) is 0 Å².